The molecule has 0 spiro atoms. The minimum Gasteiger partial charge on any atom is -0.755 e. The van der Waals surface area contributed by atoms with E-state index in [1.807, 2.05) is 165 Å². The predicted molar refractivity (Wildman–Crippen MR) is 396 cm³/mol. The van der Waals surface area contributed by atoms with Crippen molar-refractivity contribution in [1.82, 2.24) is 0 Å². The Balaban J connectivity index is 0.00000119. The number of para-hydroxylation sites is 3. The monoisotopic (exact) mass is 1380 g/mol. The highest BCUT2D eigenvalue weighted by molar-refractivity contribution is 8.11. The van der Waals surface area contributed by atoms with E-state index in [2.05, 4.69) is 88.8 Å². The minimum atomic E-state index is -2.57. The zero-order chi connectivity index (χ0) is 68.4. The Morgan fingerprint density at radius 1 is 0.407 bits per heavy atom. The number of hydrogen-bond donors (Lipinski definition) is 9. The standard InChI is InChI=1S/2C17H20N2O4S2.C17H20N2O3S3.4C4H8/c2*1-2-3-9-18-14-10-12(17(20)24)11-15(19-25(21)22)16(14)23-13-7-5-4-6-8-13;1-2-3-9-18-14-10-12(17(23)24)11-15(19-25(20)21)16(14)22-13-7-5-4-6-8-13;4*1-3-4-2/h2*4-8,10-11,18-19H,2-3,9H2,1H3,(H,20,24)(H,21,22);4-8,10-11,18-19H,2-3,9H2,1H3,(H,20,21)(H,23,24);4*3-4H,1-2H3/p-3. The number of hydrogen-bond acceptors (Lipinski definition) is 15. The first-order chi connectivity index (χ1) is 43.7. The maximum absolute atomic E-state index is 11.6. The summed E-state index contributed by atoms with van der Waals surface area (Å²) in [6, 6.07) is 36.5. The average molecular weight is 1380 g/mol. The van der Waals surface area contributed by atoms with Gasteiger partial charge in [0.1, 0.15) is 17.2 Å². The van der Waals surface area contributed by atoms with Gasteiger partial charge in [-0.25, -0.2) is 0 Å². The molecule has 0 aliphatic carbocycles. The molecule has 0 heterocycles. The van der Waals surface area contributed by atoms with Crippen molar-refractivity contribution in [2.75, 3.05) is 49.8 Å². The van der Waals surface area contributed by atoms with E-state index in [0.29, 0.717) is 80.1 Å². The Kier molecular flexibility index (Phi) is 49.0. The van der Waals surface area contributed by atoms with Crippen molar-refractivity contribution in [3.05, 3.63) is 193 Å². The highest BCUT2D eigenvalue weighted by Crippen LogP contribution is 2.42. The zero-order valence-electron chi connectivity index (χ0n) is 53.6. The maximum Gasteiger partial charge on any atom is 0.216 e. The van der Waals surface area contributed by atoms with Gasteiger partial charge in [-0.2, -0.15) is 0 Å². The first kappa shape index (κ1) is 84.3. The Morgan fingerprint density at radius 2 is 0.626 bits per heavy atom. The van der Waals surface area contributed by atoms with Crippen molar-refractivity contribution < 1.29 is 50.1 Å². The molecule has 6 aromatic carbocycles. The summed E-state index contributed by atoms with van der Waals surface area (Å²) in [6.45, 7) is 24.3. The van der Waals surface area contributed by atoms with Gasteiger partial charge in [0.2, 0.25) is 10.2 Å². The number of anilines is 6. The Labute approximate surface area is 570 Å². The maximum atomic E-state index is 11.6. The second kappa shape index (κ2) is 52.9. The molecule has 17 nitrogen and oxygen atoms in total. The molecule has 0 aliphatic heterocycles. The minimum absolute atomic E-state index is 0.163. The van der Waals surface area contributed by atoms with Gasteiger partial charge in [-0.3, -0.25) is 22.2 Å². The summed E-state index contributed by atoms with van der Waals surface area (Å²) in [5.74, 6) is 2.67. The van der Waals surface area contributed by atoms with Gasteiger partial charge in [0.25, 0.3) is 0 Å². The van der Waals surface area contributed by atoms with Crippen molar-refractivity contribution >= 4 is 132 Å². The molecular weight excluding hydrogens is 1290 g/mol. The number of unbranched alkanes of at least 4 members (excludes halogenated alkanes) is 3. The van der Waals surface area contributed by atoms with Crippen LogP contribution in [0.1, 0.15) is 141 Å². The van der Waals surface area contributed by atoms with Crippen molar-refractivity contribution in [2.24, 2.45) is 0 Å². The number of allylic oxidation sites excluding steroid dienone is 8. The number of benzene rings is 6. The van der Waals surface area contributed by atoms with Crippen LogP contribution in [0.15, 0.2) is 176 Å². The average Bonchev–Trinajstić information content (AvgIpc) is 0.942. The molecule has 0 bridgehead atoms. The van der Waals surface area contributed by atoms with E-state index in [0.717, 1.165) is 45.1 Å². The molecule has 6 N–H and O–H groups in total. The van der Waals surface area contributed by atoms with Crippen molar-refractivity contribution in [3.63, 3.8) is 0 Å². The number of ether oxygens (including phenoxy) is 3. The molecular formula is C67H89N6O11S7-3. The van der Waals surface area contributed by atoms with Gasteiger partial charge < -0.3 is 58.0 Å². The Morgan fingerprint density at radius 3 is 0.824 bits per heavy atom. The summed E-state index contributed by atoms with van der Waals surface area (Å²) in [5.41, 5.74) is 3.46. The molecule has 0 aliphatic rings. The van der Waals surface area contributed by atoms with E-state index in [1.165, 1.54) is 12.1 Å². The van der Waals surface area contributed by atoms with Crippen LogP contribution in [0.4, 0.5) is 34.1 Å². The fourth-order valence-corrected chi connectivity index (χ4v) is 7.99. The third-order valence-corrected chi connectivity index (χ3v) is 13.5. The van der Waals surface area contributed by atoms with E-state index >= 15 is 0 Å². The summed E-state index contributed by atoms with van der Waals surface area (Å²) >= 11 is 9.34. The summed E-state index contributed by atoms with van der Waals surface area (Å²) in [4.78, 5) is 23.3. The van der Waals surface area contributed by atoms with Crippen LogP contribution in [-0.4, -0.2) is 60.3 Å². The smallest absolute Gasteiger partial charge is 0.216 e. The molecule has 3 atom stereocenters. The van der Waals surface area contributed by atoms with Gasteiger partial charge in [0.15, 0.2) is 17.2 Å². The van der Waals surface area contributed by atoms with Gasteiger partial charge in [-0.05, 0) is 147 Å². The number of thiol groups is 3. The fourth-order valence-electron chi connectivity index (χ4n) is 6.50. The summed E-state index contributed by atoms with van der Waals surface area (Å²) in [5, 5.41) is 8.73. The number of carbonyl (C=O) groups is 2. The van der Waals surface area contributed by atoms with Crippen molar-refractivity contribution in [3.8, 4) is 34.5 Å². The van der Waals surface area contributed by atoms with E-state index in [9.17, 15) is 35.9 Å². The molecule has 0 radical (unpaired) electrons. The number of carbonyl (C=O) groups excluding carboxylic acids is 2. The Bertz CT molecular complexity index is 2870. The first-order valence-corrected chi connectivity index (χ1v) is 34.2. The van der Waals surface area contributed by atoms with Gasteiger partial charge in [0.05, 0.1) is 38.3 Å². The fraction of sp³-hybridized carbons (Fsp3) is 0.299. The molecule has 498 valence electrons. The van der Waals surface area contributed by atoms with Crippen molar-refractivity contribution in [1.29, 1.82) is 0 Å². The van der Waals surface area contributed by atoms with Crippen LogP contribution >= 0.6 is 50.1 Å². The van der Waals surface area contributed by atoms with Crippen LogP contribution in [-0.2, 0) is 33.8 Å². The third-order valence-electron chi connectivity index (χ3n) is 11.3. The van der Waals surface area contributed by atoms with Gasteiger partial charge in [-0.1, -0.05) is 155 Å². The lowest BCUT2D eigenvalue weighted by atomic mass is 10.1. The molecule has 3 unspecified atom stereocenters. The predicted octanol–water partition coefficient (Wildman–Crippen LogP) is 18.8. The second-order valence-corrected chi connectivity index (χ2v) is 22.4. The van der Waals surface area contributed by atoms with Crippen molar-refractivity contribution in [2.45, 2.75) is 115 Å². The normalized spacial score (nSPS) is 11.3. The molecule has 0 aromatic heterocycles. The van der Waals surface area contributed by atoms with E-state index < -0.39 is 44.0 Å². The molecule has 91 heavy (non-hydrogen) atoms. The third kappa shape index (κ3) is 38.0. The molecule has 0 saturated carbocycles. The number of thiocarbonyl (C=S) groups is 1. The van der Waals surface area contributed by atoms with Crippen LogP contribution in [0, 0.1) is 0 Å². The second-order valence-electron chi connectivity index (χ2n) is 18.4. The summed E-state index contributed by atoms with van der Waals surface area (Å²) in [7, 11) is 0. The van der Waals surface area contributed by atoms with Crippen LogP contribution < -0.4 is 44.3 Å². The molecule has 24 heteroatoms. The largest absolute Gasteiger partial charge is 0.755 e. The van der Waals surface area contributed by atoms with E-state index in [4.69, 9.17) is 26.4 Å². The van der Waals surface area contributed by atoms with Gasteiger partial charge in [-0.15, -0.1) is 37.9 Å². The van der Waals surface area contributed by atoms with Crippen LogP contribution in [0.3, 0.4) is 0 Å². The molecule has 6 aromatic rings. The van der Waals surface area contributed by atoms with E-state index in [1.54, 1.807) is 54.6 Å². The van der Waals surface area contributed by atoms with Gasteiger partial charge >= 0.3 is 0 Å². The number of nitrogens with one attached hydrogen (secondary N) is 6. The number of rotatable bonds is 27. The van der Waals surface area contributed by atoms with Crippen LogP contribution in [0.25, 0.3) is 0 Å². The topological polar surface area (TPSA) is 254 Å². The molecule has 0 amide bonds. The first-order valence-electron chi connectivity index (χ1n) is 29.2. The lowest BCUT2D eigenvalue weighted by Gasteiger charge is -2.20. The van der Waals surface area contributed by atoms with Crippen LogP contribution in [0.5, 0.6) is 34.5 Å². The summed E-state index contributed by atoms with van der Waals surface area (Å²) in [6.07, 6.45) is 21.8. The Hall–Kier alpha value is -6.71. The van der Waals surface area contributed by atoms with Gasteiger partial charge in [0, 0.05) is 70.1 Å². The molecule has 0 saturated heterocycles. The quantitative estimate of drug-likeness (QED) is 0.00764. The summed E-state index contributed by atoms with van der Waals surface area (Å²) < 4.78 is 91.9. The zero-order valence-corrected chi connectivity index (χ0v) is 59.5. The highest BCUT2D eigenvalue weighted by atomic mass is 32.2. The highest BCUT2D eigenvalue weighted by Gasteiger charge is 2.19. The lowest BCUT2D eigenvalue weighted by Crippen LogP contribution is -2.09. The van der Waals surface area contributed by atoms with Crippen LogP contribution in [0.2, 0.25) is 0 Å². The molecule has 6 rings (SSSR count). The molecule has 0 fully saturated rings. The SMILES string of the molecule is CC=CC.CC=CC.CC=CC.CC=CC.CCCCNc1cc(C(=O)S)cc(NS(=O)[O-])c1Oc1ccccc1.CCCCNc1cc(C(=O)S)cc(NS(=O)[O-])c1Oc1ccccc1.CCCCNc1cc(C(=S)S)cc(NS(=O)[O-])c1Oc1ccccc1. The van der Waals surface area contributed by atoms with E-state index in [-0.39, 0.29) is 22.5 Å². The lowest BCUT2D eigenvalue weighted by molar-refractivity contribution is 0.108.